The highest BCUT2D eigenvalue weighted by Gasteiger charge is 2.29. The first-order valence-electron chi connectivity index (χ1n) is 10.4. The fourth-order valence-electron chi connectivity index (χ4n) is 3.05. The molecule has 0 bridgehead atoms. The summed E-state index contributed by atoms with van der Waals surface area (Å²) >= 11 is 0. The Bertz CT molecular complexity index is 412. The van der Waals surface area contributed by atoms with Gasteiger partial charge in [-0.1, -0.05) is 70.4 Å². The second kappa shape index (κ2) is 17.0. The van der Waals surface area contributed by atoms with Crippen molar-refractivity contribution < 1.29 is 19.5 Å². The summed E-state index contributed by atoms with van der Waals surface area (Å²) in [6, 6.07) is 0. The van der Waals surface area contributed by atoms with Gasteiger partial charge in [-0.2, -0.15) is 0 Å². The fraction of sp³-hybridized carbons (Fsp3) is 0.773. The Balaban J connectivity index is 3.48. The highest BCUT2D eigenvalue weighted by Crippen LogP contribution is 2.12. The number of hydrogen-bond acceptors (Lipinski definition) is 3. The lowest BCUT2D eigenvalue weighted by atomic mass is 9.95. The van der Waals surface area contributed by atoms with Crippen LogP contribution in [0.5, 0.6) is 0 Å². The minimum Gasteiger partial charge on any atom is -0.480 e. The van der Waals surface area contributed by atoms with Gasteiger partial charge in [0, 0.05) is 6.42 Å². The first-order chi connectivity index (χ1) is 12.5. The molecule has 0 aromatic rings. The summed E-state index contributed by atoms with van der Waals surface area (Å²) in [5.74, 6) is -3.82. The summed E-state index contributed by atoms with van der Waals surface area (Å²) in [5, 5.41) is 8.89. The van der Waals surface area contributed by atoms with Gasteiger partial charge < -0.3 is 5.11 Å². The molecule has 1 N–H and O–H groups in total. The molecule has 0 aliphatic heterocycles. The van der Waals surface area contributed by atoms with Crippen molar-refractivity contribution in [2.24, 2.45) is 5.92 Å². The quantitative estimate of drug-likeness (QED) is 0.187. The van der Waals surface area contributed by atoms with Crippen molar-refractivity contribution in [1.29, 1.82) is 0 Å². The first-order valence-corrected chi connectivity index (χ1v) is 10.4. The maximum atomic E-state index is 11.7. The third kappa shape index (κ3) is 13.8. The third-order valence-electron chi connectivity index (χ3n) is 4.66. The van der Waals surface area contributed by atoms with Gasteiger partial charge in [0.1, 0.15) is 0 Å². The molecular weight excluding hydrogens is 328 g/mol. The second-order valence-corrected chi connectivity index (χ2v) is 7.18. The lowest BCUT2D eigenvalue weighted by Gasteiger charge is -2.07. The molecule has 0 aromatic carbocycles. The standard InChI is InChI=1S/C22H38O4/c1-3-4-5-6-7-8-9-10-11-12-13-14-15-16-17-18-20(24)21(19(2)23)22(25)26/h10-11,21H,3-9,12-18H2,1-2H3,(H,25,26). The van der Waals surface area contributed by atoms with E-state index in [-0.39, 0.29) is 6.42 Å². The van der Waals surface area contributed by atoms with E-state index in [0.29, 0.717) is 6.42 Å². The smallest absolute Gasteiger partial charge is 0.321 e. The van der Waals surface area contributed by atoms with Crippen LogP contribution in [0.4, 0.5) is 0 Å². The van der Waals surface area contributed by atoms with E-state index < -0.39 is 23.5 Å². The highest BCUT2D eigenvalue weighted by molar-refractivity contribution is 6.16. The number of aliphatic carboxylic acids is 1. The van der Waals surface area contributed by atoms with Crippen LogP contribution < -0.4 is 0 Å². The van der Waals surface area contributed by atoms with Gasteiger partial charge >= 0.3 is 5.97 Å². The highest BCUT2D eigenvalue weighted by atomic mass is 16.4. The number of rotatable bonds is 18. The average molecular weight is 367 g/mol. The largest absolute Gasteiger partial charge is 0.480 e. The van der Waals surface area contributed by atoms with E-state index in [2.05, 4.69) is 19.1 Å². The average Bonchev–Trinajstić information content (AvgIpc) is 2.57. The Morgan fingerprint density at radius 1 is 0.769 bits per heavy atom. The number of carbonyl (C=O) groups is 3. The topological polar surface area (TPSA) is 71.4 Å². The monoisotopic (exact) mass is 366 g/mol. The lowest BCUT2D eigenvalue weighted by Crippen LogP contribution is -2.29. The number of carboxylic acid groups (broad SMARTS) is 1. The summed E-state index contributed by atoms with van der Waals surface area (Å²) in [5.41, 5.74) is 0. The molecule has 0 heterocycles. The Morgan fingerprint density at radius 3 is 1.69 bits per heavy atom. The molecule has 26 heavy (non-hydrogen) atoms. The van der Waals surface area contributed by atoms with Crippen molar-refractivity contribution in [2.75, 3.05) is 0 Å². The van der Waals surface area contributed by atoms with E-state index >= 15 is 0 Å². The van der Waals surface area contributed by atoms with E-state index in [4.69, 9.17) is 5.11 Å². The molecule has 0 saturated heterocycles. The summed E-state index contributed by atoms with van der Waals surface area (Å²) in [6.45, 7) is 3.41. The molecule has 0 aliphatic carbocycles. The number of hydrogen-bond donors (Lipinski definition) is 1. The van der Waals surface area contributed by atoms with Gasteiger partial charge in [0.25, 0.3) is 0 Å². The summed E-state index contributed by atoms with van der Waals surface area (Å²) in [7, 11) is 0. The normalized spacial score (nSPS) is 12.4. The van der Waals surface area contributed by atoms with E-state index in [0.717, 1.165) is 39.0 Å². The van der Waals surface area contributed by atoms with Crippen molar-refractivity contribution >= 4 is 17.5 Å². The van der Waals surface area contributed by atoms with Crippen molar-refractivity contribution in [1.82, 2.24) is 0 Å². The van der Waals surface area contributed by atoms with Crippen LogP contribution >= 0.6 is 0 Å². The van der Waals surface area contributed by atoms with Crippen LogP contribution in [0, 0.1) is 5.92 Å². The van der Waals surface area contributed by atoms with E-state index in [1.165, 1.54) is 44.9 Å². The first kappa shape index (κ1) is 24.6. The van der Waals surface area contributed by atoms with Crippen LogP contribution in [0.3, 0.4) is 0 Å². The minimum atomic E-state index is -1.47. The van der Waals surface area contributed by atoms with E-state index in [1.807, 2.05) is 0 Å². The Kier molecular flexibility index (Phi) is 16.0. The molecule has 0 amide bonds. The van der Waals surface area contributed by atoms with Gasteiger partial charge in [-0.25, -0.2) is 0 Å². The maximum Gasteiger partial charge on any atom is 0.321 e. The van der Waals surface area contributed by atoms with Crippen LogP contribution in [-0.2, 0) is 14.4 Å². The second-order valence-electron chi connectivity index (χ2n) is 7.18. The number of allylic oxidation sites excluding steroid dienone is 2. The number of Topliss-reactive ketones (excluding diaryl/α,β-unsaturated/α-hetero) is 2. The van der Waals surface area contributed by atoms with Gasteiger partial charge in [0.15, 0.2) is 17.5 Å². The van der Waals surface area contributed by atoms with Crippen molar-refractivity contribution in [3.63, 3.8) is 0 Å². The van der Waals surface area contributed by atoms with Crippen molar-refractivity contribution in [3.05, 3.63) is 12.2 Å². The molecule has 1 unspecified atom stereocenters. The molecule has 0 aromatic heterocycles. The number of carboxylic acids is 1. The van der Waals surface area contributed by atoms with Gasteiger partial charge in [0.2, 0.25) is 0 Å². The molecule has 0 rings (SSSR count). The van der Waals surface area contributed by atoms with Crippen LogP contribution in [0.1, 0.15) is 104 Å². The minimum absolute atomic E-state index is 0.189. The Hall–Kier alpha value is -1.45. The maximum absolute atomic E-state index is 11.7. The van der Waals surface area contributed by atoms with Gasteiger partial charge in [0.05, 0.1) is 0 Å². The molecule has 1 atom stereocenters. The summed E-state index contributed by atoms with van der Waals surface area (Å²) in [6.07, 6.45) is 20.0. The van der Waals surface area contributed by atoms with Crippen LogP contribution in [0.25, 0.3) is 0 Å². The van der Waals surface area contributed by atoms with Gasteiger partial charge in [-0.15, -0.1) is 0 Å². The predicted octanol–water partition coefficient (Wildman–Crippen LogP) is 5.88. The van der Waals surface area contributed by atoms with Crippen molar-refractivity contribution in [3.8, 4) is 0 Å². The van der Waals surface area contributed by atoms with Crippen LogP contribution in [0.2, 0.25) is 0 Å². The molecule has 150 valence electrons. The zero-order valence-corrected chi connectivity index (χ0v) is 16.8. The Labute approximate surface area is 159 Å². The number of carbonyl (C=O) groups excluding carboxylic acids is 2. The lowest BCUT2D eigenvalue weighted by molar-refractivity contribution is -0.149. The van der Waals surface area contributed by atoms with Crippen molar-refractivity contribution in [2.45, 2.75) is 104 Å². The number of ketones is 2. The van der Waals surface area contributed by atoms with Gasteiger partial charge in [-0.3, -0.25) is 14.4 Å². The molecule has 0 spiro atoms. The molecular formula is C22H38O4. The summed E-state index contributed by atoms with van der Waals surface area (Å²) < 4.78 is 0. The SMILES string of the molecule is CCCCCCCCC=CCCCCCCCC(=O)C(C(C)=O)C(=O)O. The molecule has 4 nitrogen and oxygen atoms in total. The predicted molar refractivity (Wildman–Crippen MR) is 106 cm³/mol. The molecule has 4 heteroatoms. The molecule has 0 aliphatic rings. The molecule has 0 saturated carbocycles. The Morgan fingerprint density at radius 2 is 1.23 bits per heavy atom. The molecule has 0 fully saturated rings. The fourth-order valence-corrected chi connectivity index (χ4v) is 3.05. The van der Waals surface area contributed by atoms with E-state index in [1.54, 1.807) is 0 Å². The van der Waals surface area contributed by atoms with Crippen LogP contribution in [0.15, 0.2) is 12.2 Å². The molecule has 0 radical (unpaired) electrons. The van der Waals surface area contributed by atoms with E-state index in [9.17, 15) is 14.4 Å². The zero-order chi connectivity index (χ0) is 19.6. The third-order valence-corrected chi connectivity index (χ3v) is 4.66. The zero-order valence-electron chi connectivity index (χ0n) is 16.8. The van der Waals surface area contributed by atoms with Gasteiger partial charge in [-0.05, 0) is 39.0 Å². The number of unbranched alkanes of at least 4 members (excludes halogenated alkanes) is 11. The summed E-state index contributed by atoms with van der Waals surface area (Å²) in [4.78, 5) is 33.8. The van der Waals surface area contributed by atoms with Crippen LogP contribution in [-0.4, -0.2) is 22.6 Å².